The molecule has 0 saturated carbocycles. The molecule has 2 aromatic carbocycles. The van der Waals surface area contributed by atoms with Gasteiger partial charge >= 0.3 is 13.1 Å². The van der Waals surface area contributed by atoms with E-state index >= 15 is 0 Å². The van der Waals surface area contributed by atoms with E-state index in [0.29, 0.717) is 22.3 Å². The fourth-order valence-electron chi connectivity index (χ4n) is 2.97. The largest absolute Gasteiger partial charge is 0.497 e. The van der Waals surface area contributed by atoms with Crippen LogP contribution in [0.25, 0.3) is 0 Å². The summed E-state index contributed by atoms with van der Waals surface area (Å²) in [6.45, 7) is 0. The van der Waals surface area contributed by atoms with Crippen molar-refractivity contribution in [1.82, 2.24) is 0 Å². The molecule has 0 fully saturated rings. The van der Waals surface area contributed by atoms with Gasteiger partial charge in [-0.15, -0.1) is 11.8 Å². The van der Waals surface area contributed by atoms with Crippen molar-refractivity contribution in [2.24, 2.45) is 0 Å². The lowest BCUT2D eigenvalue weighted by atomic mass is 9.77. The molecule has 1 aliphatic heterocycles. The van der Waals surface area contributed by atoms with Gasteiger partial charge in [0.15, 0.2) is 0 Å². The lowest BCUT2D eigenvalue weighted by Crippen LogP contribution is -2.39. The van der Waals surface area contributed by atoms with Crippen molar-refractivity contribution in [1.29, 1.82) is 0 Å². The number of carbonyl (C=O) groups excluding carboxylic acids is 1. The van der Waals surface area contributed by atoms with Crippen molar-refractivity contribution in [3.8, 4) is 5.75 Å². The third-order valence-electron chi connectivity index (χ3n) is 4.14. The lowest BCUT2D eigenvalue weighted by molar-refractivity contribution is -0.156. The number of ether oxygens (including phenoxy) is 2. The molecule has 2 aromatic rings. The Kier molecular flexibility index (Phi) is 4.58. The molecule has 7 heteroatoms. The van der Waals surface area contributed by atoms with Gasteiger partial charge in [-0.2, -0.15) is 0 Å². The van der Waals surface area contributed by atoms with Crippen LogP contribution in [0.3, 0.4) is 0 Å². The molecule has 0 bridgehead atoms. The zero-order chi connectivity index (χ0) is 17.3. The van der Waals surface area contributed by atoms with Gasteiger partial charge in [-0.25, -0.2) is 4.79 Å². The third kappa shape index (κ3) is 2.49. The van der Waals surface area contributed by atoms with Crippen LogP contribution in [0, 0.1) is 0 Å². The van der Waals surface area contributed by atoms with Crippen molar-refractivity contribution >= 4 is 30.3 Å². The van der Waals surface area contributed by atoms with Crippen LogP contribution in [-0.2, 0) is 19.8 Å². The number of hydrogen-bond donors (Lipinski definition) is 1. The average molecular weight is 344 g/mol. The van der Waals surface area contributed by atoms with Crippen LogP contribution >= 0.6 is 11.8 Å². The average Bonchev–Trinajstić information content (AvgIpc) is 2.94. The van der Waals surface area contributed by atoms with Crippen molar-refractivity contribution in [3.05, 3.63) is 53.6 Å². The van der Waals surface area contributed by atoms with E-state index < -0.39 is 18.7 Å². The zero-order valence-corrected chi connectivity index (χ0v) is 14.4. The molecule has 1 aliphatic rings. The number of hydrogen-bond acceptors (Lipinski definition) is 6. The van der Waals surface area contributed by atoms with Gasteiger partial charge in [-0.1, -0.05) is 18.2 Å². The first-order chi connectivity index (χ1) is 11.6. The minimum absolute atomic E-state index is 0.495. The van der Waals surface area contributed by atoms with Gasteiger partial charge in [0.2, 0.25) is 5.60 Å². The number of fused-ring (bicyclic) bond motifs is 1. The van der Waals surface area contributed by atoms with Crippen LogP contribution in [0.4, 0.5) is 0 Å². The summed E-state index contributed by atoms with van der Waals surface area (Å²) in [7, 11) is 1.60. The van der Waals surface area contributed by atoms with Gasteiger partial charge in [0.25, 0.3) is 0 Å². The smallest absolute Gasteiger partial charge is 0.493 e. The highest BCUT2D eigenvalue weighted by molar-refractivity contribution is 7.98. The molecule has 0 aliphatic carbocycles. The SMILES string of the molecule is COC(=O)C1(c2cccc(SC)c2)OB(O)c2cc(OC)ccc21. The Morgan fingerprint density at radius 3 is 2.71 bits per heavy atom. The quantitative estimate of drug-likeness (QED) is 0.516. The zero-order valence-electron chi connectivity index (χ0n) is 13.6. The van der Waals surface area contributed by atoms with Gasteiger partial charge in [0.1, 0.15) is 5.75 Å². The van der Waals surface area contributed by atoms with Gasteiger partial charge in [-0.3, -0.25) is 0 Å². The maximum Gasteiger partial charge on any atom is 0.493 e. The van der Waals surface area contributed by atoms with Crippen LogP contribution in [0.5, 0.6) is 5.75 Å². The molecule has 1 unspecified atom stereocenters. The Morgan fingerprint density at radius 2 is 2.04 bits per heavy atom. The molecule has 0 radical (unpaired) electrons. The fraction of sp³-hybridized carbons (Fsp3) is 0.235. The van der Waals surface area contributed by atoms with Crippen LogP contribution < -0.4 is 10.2 Å². The van der Waals surface area contributed by atoms with Crippen LogP contribution in [0.2, 0.25) is 0 Å². The summed E-state index contributed by atoms with van der Waals surface area (Å²) in [4.78, 5) is 13.7. The maximum atomic E-state index is 12.7. The molecule has 0 saturated heterocycles. The third-order valence-corrected chi connectivity index (χ3v) is 4.87. The monoisotopic (exact) mass is 344 g/mol. The summed E-state index contributed by atoms with van der Waals surface area (Å²) in [5.74, 6) is -0.00125. The molecule has 1 heterocycles. The first kappa shape index (κ1) is 16.9. The van der Waals surface area contributed by atoms with E-state index in [9.17, 15) is 9.82 Å². The lowest BCUT2D eigenvalue weighted by Gasteiger charge is -2.28. The van der Waals surface area contributed by atoms with Crippen molar-refractivity contribution in [2.45, 2.75) is 10.5 Å². The molecule has 124 valence electrons. The second-order valence-electron chi connectivity index (χ2n) is 5.33. The van der Waals surface area contributed by atoms with Crippen molar-refractivity contribution in [2.75, 3.05) is 20.5 Å². The normalized spacial score (nSPS) is 19.1. The minimum Gasteiger partial charge on any atom is -0.497 e. The highest BCUT2D eigenvalue weighted by Gasteiger charge is 2.54. The molecule has 1 atom stereocenters. The topological polar surface area (TPSA) is 65.0 Å². The summed E-state index contributed by atoms with van der Waals surface area (Å²) < 4.78 is 16.0. The number of esters is 1. The first-order valence-electron chi connectivity index (χ1n) is 7.34. The summed E-state index contributed by atoms with van der Waals surface area (Å²) in [6, 6.07) is 12.6. The summed E-state index contributed by atoms with van der Waals surface area (Å²) in [5, 5.41) is 10.4. The molecule has 0 aromatic heterocycles. The van der Waals surface area contributed by atoms with E-state index in [1.54, 1.807) is 43.1 Å². The highest BCUT2D eigenvalue weighted by atomic mass is 32.2. The molecule has 0 spiro atoms. The summed E-state index contributed by atoms with van der Waals surface area (Å²) in [5.41, 5.74) is 0.168. The number of benzene rings is 2. The summed E-state index contributed by atoms with van der Waals surface area (Å²) >= 11 is 1.56. The first-order valence-corrected chi connectivity index (χ1v) is 8.56. The van der Waals surface area contributed by atoms with E-state index in [2.05, 4.69) is 0 Å². The van der Waals surface area contributed by atoms with E-state index in [1.165, 1.54) is 7.11 Å². The predicted octanol–water partition coefficient (Wildman–Crippen LogP) is 1.55. The molecule has 3 rings (SSSR count). The van der Waals surface area contributed by atoms with E-state index in [0.717, 1.165) is 4.90 Å². The molecule has 24 heavy (non-hydrogen) atoms. The standard InChI is InChI=1S/C17H17BO5S/c1-21-12-7-8-14-15(10-12)18(20)23-17(14,16(19)22-2)11-5-4-6-13(9-11)24-3/h4-10,20H,1-3H3. The van der Waals surface area contributed by atoms with E-state index in [4.69, 9.17) is 14.1 Å². The van der Waals surface area contributed by atoms with Gasteiger partial charge in [0.05, 0.1) is 14.2 Å². The van der Waals surface area contributed by atoms with E-state index in [-0.39, 0.29) is 0 Å². The number of methoxy groups -OCH3 is 2. The Balaban J connectivity index is 2.25. The van der Waals surface area contributed by atoms with E-state index in [1.807, 2.05) is 24.5 Å². The van der Waals surface area contributed by atoms with Crippen molar-refractivity contribution < 1.29 is 23.9 Å². The maximum absolute atomic E-state index is 12.7. The Morgan fingerprint density at radius 1 is 1.25 bits per heavy atom. The minimum atomic E-state index is -1.50. The highest BCUT2D eigenvalue weighted by Crippen LogP contribution is 2.40. The number of carbonyl (C=O) groups is 1. The fourth-order valence-corrected chi connectivity index (χ4v) is 3.43. The Bertz CT molecular complexity index is 781. The molecule has 5 nitrogen and oxygen atoms in total. The Labute approximate surface area is 145 Å². The number of thioether (sulfide) groups is 1. The summed E-state index contributed by atoms with van der Waals surface area (Å²) in [6.07, 6.45) is 1.95. The van der Waals surface area contributed by atoms with Crippen LogP contribution in [-0.4, -0.2) is 38.6 Å². The molecular weight excluding hydrogens is 327 g/mol. The molecule has 1 N–H and O–H groups in total. The second kappa shape index (κ2) is 6.51. The van der Waals surface area contributed by atoms with Gasteiger partial charge in [-0.05, 0) is 47.1 Å². The van der Waals surface area contributed by atoms with Crippen LogP contribution in [0.1, 0.15) is 11.1 Å². The molecule has 0 amide bonds. The van der Waals surface area contributed by atoms with Crippen molar-refractivity contribution in [3.63, 3.8) is 0 Å². The van der Waals surface area contributed by atoms with Gasteiger partial charge < -0.3 is 19.2 Å². The van der Waals surface area contributed by atoms with Crippen LogP contribution in [0.15, 0.2) is 47.4 Å². The molecular formula is C17H17BO5S. The van der Waals surface area contributed by atoms with Gasteiger partial charge in [0, 0.05) is 4.90 Å². The predicted molar refractivity (Wildman–Crippen MR) is 92.7 cm³/mol. The number of rotatable bonds is 4. The Hall–Kier alpha value is -1.96. The second-order valence-corrected chi connectivity index (χ2v) is 6.21.